The first-order valence-corrected chi connectivity index (χ1v) is 9.48. The summed E-state index contributed by atoms with van der Waals surface area (Å²) >= 11 is 0. The molecule has 0 saturated carbocycles. The lowest BCUT2D eigenvalue weighted by molar-refractivity contribution is -0.137. The Kier molecular flexibility index (Phi) is 7.47. The van der Waals surface area contributed by atoms with Gasteiger partial charge in [-0.2, -0.15) is 0 Å². The summed E-state index contributed by atoms with van der Waals surface area (Å²) in [6.07, 6.45) is 3.83. The van der Waals surface area contributed by atoms with E-state index in [1.807, 2.05) is 78.9 Å². The van der Waals surface area contributed by atoms with Crippen LogP contribution >= 0.6 is 0 Å². The van der Waals surface area contributed by atoms with Crippen molar-refractivity contribution in [3.8, 4) is 11.5 Å². The third-order valence-electron chi connectivity index (χ3n) is 4.31. The van der Waals surface area contributed by atoms with E-state index in [1.165, 1.54) is 6.08 Å². The molecule has 4 nitrogen and oxygen atoms in total. The van der Waals surface area contributed by atoms with E-state index >= 15 is 0 Å². The molecule has 148 valence electrons. The summed E-state index contributed by atoms with van der Waals surface area (Å²) in [5, 5.41) is 0. The van der Waals surface area contributed by atoms with Crippen molar-refractivity contribution in [3.05, 3.63) is 102 Å². The normalized spacial score (nSPS) is 10.7. The second-order valence-corrected chi connectivity index (χ2v) is 6.42. The van der Waals surface area contributed by atoms with E-state index < -0.39 is 0 Å². The monoisotopic (exact) mass is 388 g/mol. The van der Waals surface area contributed by atoms with Crippen LogP contribution in [0.3, 0.4) is 0 Å². The molecule has 0 unspecified atom stereocenters. The molecule has 0 heterocycles. The Morgan fingerprint density at radius 3 is 2.24 bits per heavy atom. The van der Waals surface area contributed by atoms with E-state index in [1.54, 1.807) is 13.2 Å². The van der Waals surface area contributed by atoms with Crippen molar-refractivity contribution < 1.29 is 19.0 Å². The van der Waals surface area contributed by atoms with Crippen molar-refractivity contribution >= 4 is 12.0 Å². The highest BCUT2D eigenvalue weighted by molar-refractivity contribution is 5.87. The van der Waals surface area contributed by atoms with E-state index in [9.17, 15) is 4.79 Å². The molecule has 29 heavy (non-hydrogen) atoms. The molecule has 3 aromatic rings. The smallest absolute Gasteiger partial charge is 0.330 e. The minimum absolute atomic E-state index is 0.348. The van der Waals surface area contributed by atoms with Crippen LogP contribution < -0.4 is 9.47 Å². The van der Waals surface area contributed by atoms with Crippen molar-refractivity contribution in [2.24, 2.45) is 0 Å². The van der Waals surface area contributed by atoms with Gasteiger partial charge in [0.25, 0.3) is 0 Å². The second-order valence-electron chi connectivity index (χ2n) is 6.42. The Labute approximate surface area is 171 Å². The molecule has 3 rings (SSSR count). The molecule has 0 aliphatic carbocycles. The number of carbonyl (C=O) groups is 1. The summed E-state index contributed by atoms with van der Waals surface area (Å²) in [6, 6.07) is 25.4. The van der Waals surface area contributed by atoms with Crippen LogP contribution in [0.15, 0.2) is 84.9 Å². The zero-order chi connectivity index (χ0) is 20.3. The molecule has 0 amide bonds. The standard InChI is InChI=1S/C25H24O4/c1-27-23-14-12-21(18-24(23)29-19-22-10-6-3-7-11-22)13-15-25(26)28-17-16-20-8-4-2-5-9-20/h2-15,18H,16-17,19H2,1H3/b15-13-. The summed E-state index contributed by atoms with van der Waals surface area (Å²) in [5.41, 5.74) is 3.03. The topological polar surface area (TPSA) is 44.8 Å². The predicted octanol–water partition coefficient (Wildman–Crippen LogP) is 5.07. The van der Waals surface area contributed by atoms with Gasteiger partial charge in [0.15, 0.2) is 11.5 Å². The van der Waals surface area contributed by atoms with Crippen LogP contribution in [0.4, 0.5) is 0 Å². The number of rotatable bonds is 9. The van der Waals surface area contributed by atoms with Crippen LogP contribution in [0.2, 0.25) is 0 Å². The fraction of sp³-hybridized carbons (Fsp3) is 0.160. The fourth-order valence-corrected chi connectivity index (χ4v) is 2.77. The van der Waals surface area contributed by atoms with Crippen LogP contribution in [0.25, 0.3) is 6.08 Å². The van der Waals surface area contributed by atoms with Gasteiger partial charge < -0.3 is 14.2 Å². The molecule has 0 atom stereocenters. The molecule has 4 heteroatoms. The Morgan fingerprint density at radius 2 is 1.55 bits per heavy atom. The number of hydrogen-bond acceptors (Lipinski definition) is 4. The van der Waals surface area contributed by atoms with Gasteiger partial charge in [-0.05, 0) is 34.9 Å². The molecule has 0 aliphatic rings. The average molecular weight is 388 g/mol. The van der Waals surface area contributed by atoms with Gasteiger partial charge in [-0.25, -0.2) is 4.79 Å². The number of benzene rings is 3. The van der Waals surface area contributed by atoms with Crippen LogP contribution in [0.1, 0.15) is 16.7 Å². The Hall–Kier alpha value is -3.53. The molecule has 0 aliphatic heterocycles. The van der Waals surface area contributed by atoms with Gasteiger partial charge in [-0.3, -0.25) is 0 Å². The van der Waals surface area contributed by atoms with Crippen molar-refractivity contribution in [3.63, 3.8) is 0 Å². The van der Waals surface area contributed by atoms with E-state index in [0.717, 1.165) is 16.7 Å². The zero-order valence-corrected chi connectivity index (χ0v) is 16.4. The molecular formula is C25H24O4. The molecule has 0 aromatic heterocycles. The highest BCUT2D eigenvalue weighted by Gasteiger charge is 2.06. The summed E-state index contributed by atoms with van der Waals surface area (Å²) in [6.45, 7) is 0.785. The molecule has 0 saturated heterocycles. The van der Waals surface area contributed by atoms with Gasteiger partial charge >= 0.3 is 5.97 Å². The second kappa shape index (κ2) is 10.7. The van der Waals surface area contributed by atoms with E-state index in [-0.39, 0.29) is 5.97 Å². The van der Waals surface area contributed by atoms with Crippen LogP contribution in [0.5, 0.6) is 11.5 Å². The Balaban J connectivity index is 1.55. The third kappa shape index (κ3) is 6.54. The van der Waals surface area contributed by atoms with Gasteiger partial charge in [0, 0.05) is 12.5 Å². The van der Waals surface area contributed by atoms with Gasteiger partial charge in [-0.1, -0.05) is 66.7 Å². The highest BCUT2D eigenvalue weighted by Crippen LogP contribution is 2.29. The van der Waals surface area contributed by atoms with Gasteiger partial charge in [0.05, 0.1) is 13.7 Å². The average Bonchev–Trinajstić information content (AvgIpc) is 2.78. The molecule has 0 N–H and O–H groups in total. The predicted molar refractivity (Wildman–Crippen MR) is 114 cm³/mol. The quantitative estimate of drug-likeness (QED) is 0.379. The van der Waals surface area contributed by atoms with Crippen molar-refractivity contribution in [2.45, 2.75) is 13.0 Å². The van der Waals surface area contributed by atoms with Crippen molar-refractivity contribution in [1.82, 2.24) is 0 Å². The largest absolute Gasteiger partial charge is 0.493 e. The number of esters is 1. The Bertz CT molecular complexity index is 934. The molecular weight excluding hydrogens is 364 g/mol. The molecule has 0 fully saturated rings. The highest BCUT2D eigenvalue weighted by atomic mass is 16.5. The first-order valence-electron chi connectivity index (χ1n) is 9.48. The first-order chi connectivity index (χ1) is 14.2. The van der Waals surface area contributed by atoms with Crippen molar-refractivity contribution in [2.75, 3.05) is 13.7 Å². The maximum atomic E-state index is 12.0. The molecule has 0 bridgehead atoms. The zero-order valence-electron chi connectivity index (χ0n) is 16.4. The fourth-order valence-electron chi connectivity index (χ4n) is 2.77. The SMILES string of the molecule is COc1ccc(/C=C\C(=O)OCCc2ccccc2)cc1OCc1ccccc1. The van der Waals surface area contributed by atoms with Crippen LogP contribution in [-0.4, -0.2) is 19.7 Å². The maximum absolute atomic E-state index is 12.0. The summed E-state index contributed by atoms with van der Waals surface area (Å²) < 4.78 is 16.5. The van der Waals surface area contributed by atoms with Crippen molar-refractivity contribution in [1.29, 1.82) is 0 Å². The molecule has 3 aromatic carbocycles. The third-order valence-corrected chi connectivity index (χ3v) is 4.31. The lowest BCUT2D eigenvalue weighted by Crippen LogP contribution is -2.04. The number of ether oxygens (including phenoxy) is 3. The summed E-state index contributed by atoms with van der Waals surface area (Å²) in [7, 11) is 1.60. The van der Waals surface area contributed by atoms with Crippen LogP contribution in [-0.2, 0) is 22.6 Å². The van der Waals surface area contributed by atoms with Crippen LogP contribution in [0, 0.1) is 0 Å². The lowest BCUT2D eigenvalue weighted by atomic mass is 10.2. The maximum Gasteiger partial charge on any atom is 0.330 e. The van der Waals surface area contributed by atoms with Gasteiger partial charge in [-0.15, -0.1) is 0 Å². The van der Waals surface area contributed by atoms with E-state index in [0.29, 0.717) is 31.1 Å². The lowest BCUT2D eigenvalue weighted by Gasteiger charge is -2.11. The number of carbonyl (C=O) groups excluding carboxylic acids is 1. The van der Waals surface area contributed by atoms with Gasteiger partial charge in [0.1, 0.15) is 6.61 Å². The minimum Gasteiger partial charge on any atom is -0.493 e. The van der Waals surface area contributed by atoms with E-state index in [4.69, 9.17) is 14.2 Å². The minimum atomic E-state index is -0.372. The first kappa shape index (κ1) is 20.2. The van der Waals surface area contributed by atoms with E-state index in [2.05, 4.69) is 0 Å². The number of methoxy groups -OCH3 is 1. The summed E-state index contributed by atoms with van der Waals surface area (Å²) in [5.74, 6) is 0.892. The molecule has 0 spiro atoms. The summed E-state index contributed by atoms with van der Waals surface area (Å²) in [4.78, 5) is 12.0. The Morgan fingerprint density at radius 1 is 0.862 bits per heavy atom. The number of hydrogen-bond donors (Lipinski definition) is 0. The molecule has 0 radical (unpaired) electrons. The van der Waals surface area contributed by atoms with Gasteiger partial charge in [0.2, 0.25) is 0 Å².